The van der Waals surface area contributed by atoms with Crippen molar-refractivity contribution in [3.8, 4) is 11.3 Å². The number of aryl methyl sites for hydroxylation is 2. The maximum absolute atomic E-state index is 12.9. The van der Waals surface area contributed by atoms with Crippen molar-refractivity contribution in [2.24, 2.45) is 0 Å². The van der Waals surface area contributed by atoms with E-state index < -0.39 is 0 Å². The summed E-state index contributed by atoms with van der Waals surface area (Å²) in [4.78, 5) is 29.6. The molecule has 3 aromatic heterocycles. The second-order valence-electron chi connectivity index (χ2n) is 7.33. The quantitative estimate of drug-likeness (QED) is 0.549. The number of aromatic nitrogens is 3. The summed E-state index contributed by atoms with van der Waals surface area (Å²) in [6, 6.07) is 3.68. The summed E-state index contributed by atoms with van der Waals surface area (Å²) < 4.78 is 12.3. The average Bonchev–Trinajstić information content (AvgIpc) is 3.28. The summed E-state index contributed by atoms with van der Waals surface area (Å²) in [6.45, 7) is 8.38. The van der Waals surface area contributed by atoms with Crippen molar-refractivity contribution >= 4 is 22.8 Å². The van der Waals surface area contributed by atoms with Gasteiger partial charge in [0.25, 0.3) is 5.91 Å². The van der Waals surface area contributed by atoms with E-state index in [9.17, 15) is 9.59 Å². The first-order valence-corrected chi connectivity index (χ1v) is 9.81. The van der Waals surface area contributed by atoms with E-state index in [2.05, 4.69) is 15.7 Å². The van der Waals surface area contributed by atoms with Crippen LogP contribution in [0.1, 0.15) is 41.8 Å². The van der Waals surface area contributed by atoms with Gasteiger partial charge >= 0.3 is 0 Å². The van der Waals surface area contributed by atoms with E-state index in [1.807, 2.05) is 33.8 Å². The van der Waals surface area contributed by atoms with Crippen LogP contribution in [0, 0.1) is 13.8 Å². The summed E-state index contributed by atoms with van der Waals surface area (Å²) in [7, 11) is 1.56. The van der Waals surface area contributed by atoms with Crippen molar-refractivity contribution in [1.29, 1.82) is 0 Å². The number of rotatable bonds is 8. The normalized spacial score (nSPS) is 11.3. The molecule has 0 saturated carbocycles. The molecular formula is C21H27N5O4. The van der Waals surface area contributed by atoms with Gasteiger partial charge in [-0.05, 0) is 39.8 Å². The minimum atomic E-state index is -0.369. The Balaban J connectivity index is 1.95. The molecule has 0 aromatic carbocycles. The van der Waals surface area contributed by atoms with Gasteiger partial charge in [0, 0.05) is 25.3 Å². The molecule has 2 amide bonds. The number of furan rings is 1. The number of carbonyl (C=O) groups is 2. The monoisotopic (exact) mass is 413 g/mol. The molecule has 160 valence electrons. The molecule has 3 heterocycles. The second-order valence-corrected chi connectivity index (χ2v) is 7.33. The highest BCUT2D eigenvalue weighted by atomic mass is 16.5. The van der Waals surface area contributed by atoms with Crippen molar-refractivity contribution < 1.29 is 18.7 Å². The second kappa shape index (κ2) is 9.08. The van der Waals surface area contributed by atoms with Crippen LogP contribution in [-0.4, -0.2) is 53.4 Å². The lowest BCUT2D eigenvalue weighted by Crippen LogP contribution is -2.38. The summed E-state index contributed by atoms with van der Waals surface area (Å²) in [5, 5.41) is 10.4. The van der Waals surface area contributed by atoms with Gasteiger partial charge in [-0.25, -0.2) is 9.67 Å². The van der Waals surface area contributed by atoms with Gasteiger partial charge in [0.2, 0.25) is 5.91 Å². The first kappa shape index (κ1) is 21.5. The van der Waals surface area contributed by atoms with E-state index in [0.717, 1.165) is 17.1 Å². The minimum absolute atomic E-state index is 0.0694. The van der Waals surface area contributed by atoms with Crippen molar-refractivity contribution in [2.45, 2.75) is 33.7 Å². The Morgan fingerprint density at radius 3 is 2.63 bits per heavy atom. The number of hydrogen-bond acceptors (Lipinski definition) is 6. The molecule has 2 N–H and O–H groups in total. The van der Waals surface area contributed by atoms with E-state index in [0.29, 0.717) is 35.4 Å². The lowest BCUT2D eigenvalue weighted by Gasteiger charge is -2.11. The van der Waals surface area contributed by atoms with E-state index >= 15 is 0 Å². The zero-order valence-electron chi connectivity index (χ0n) is 17.9. The van der Waals surface area contributed by atoms with Crippen LogP contribution in [0.3, 0.4) is 0 Å². The Hall–Kier alpha value is -3.20. The molecule has 0 aliphatic heterocycles. The highest BCUT2D eigenvalue weighted by Crippen LogP contribution is 2.30. The minimum Gasteiger partial charge on any atom is -0.466 e. The van der Waals surface area contributed by atoms with Gasteiger partial charge in [-0.3, -0.25) is 9.59 Å². The highest BCUT2D eigenvalue weighted by molar-refractivity contribution is 6.07. The smallest absolute Gasteiger partial charge is 0.252 e. The number of nitrogens with zero attached hydrogens (tertiary/aromatic N) is 3. The van der Waals surface area contributed by atoms with Crippen molar-refractivity contribution in [3.63, 3.8) is 0 Å². The fraction of sp³-hybridized carbons (Fsp3) is 0.429. The van der Waals surface area contributed by atoms with Crippen molar-refractivity contribution in [1.82, 2.24) is 25.4 Å². The third-order valence-corrected chi connectivity index (χ3v) is 4.66. The average molecular weight is 413 g/mol. The number of carbonyl (C=O) groups excluding carboxylic acids is 2. The summed E-state index contributed by atoms with van der Waals surface area (Å²) >= 11 is 0. The fourth-order valence-electron chi connectivity index (χ4n) is 3.22. The largest absolute Gasteiger partial charge is 0.466 e. The van der Waals surface area contributed by atoms with Crippen LogP contribution >= 0.6 is 0 Å². The van der Waals surface area contributed by atoms with Gasteiger partial charge < -0.3 is 19.8 Å². The SMILES string of the molecule is COCCNC(=O)CNC(=O)c1cc(-c2cc(C)oc2C)nc2c1cnn2C(C)C. The molecule has 0 spiro atoms. The molecule has 0 atom stereocenters. The number of pyridine rings is 1. The van der Waals surface area contributed by atoms with Crippen LogP contribution in [0.2, 0.25) is 0 Å². The third kappa shape index (κ3) is 4.51. The summed E-state index contributed by atoms with van der Waals surface area (Å²) in [5.41, 5.74) is 2.45. The van der Waals surface area contributed by atoms with Crippen LogP contribution in [-0.2, 0) is 9.53 Å². The maximum Gasteiger partial charge on any atom is 0.252 e. The van der Waals surface area contributed by atoms with Crippen LogP contribution in [0.4, 0.5) is 0 Å². The standard InChI is InChI=1S/C21H27N5O4/c1-12(2)26-20-17(10-24-26)16(21(28)23-11-19(27)22-6-7-29-5)9-18(25-20)15-8-13(3)30-14(15)4/h8-10,12H,6-7,11H2,1-5H3,(H,22,27)(H,23,28). The molecule has 9 nitrogen and oxygen atoms in total. The van der Waals surface area contributed by atoms with Crippen molar-refractivity contribution in [3.05, 3.63) is 35.4 Å². The summed E-state index contributed by atoms with van der Waals surface area (Å²) in [6.07, 6.45) is 1.63. The number of methoxy groups -OCH3 is 1. The van der Waals surface area contributed by atoms with E-state index in [1.54, 1.807) is 24.1 Å². The number of ether oxygens (including phenoxy) is 1. The molecule has 0 unspecified atom stereocenters. The summed E-state index contributed by atoms with van der Waals surface area (Å²) in [5.74, 6) is 0.830. The van der Waals surface area contributed by atoms with Crippen LogP contribution < -0.4 is 10.6 Å². The van der Waals surface area contributed by atoms with Crippen LogP contribution in [0.25, 0.3) is 22.3 Å². The molecule has 30 heavy (non-hydrogen) atoms. The van der Waals surface area contributed by atoms with Crippen molar-refractivity contribution in [2.75, 3.05) is 26.8 Å². The Morgan fingerprint density at radius 1 is 1.23 bits per heavy atom. The third-order valence-electron chi connectivity index (χ3n) is 4.66. The topological polar surface area (TPSA) is 111 Å². The molecule has 0 radical (unpaired) electrons. The number of nitrogens with one attached hydrogen (secondary N) is 2. The number of hydrogen-bond donors (Lipinski definition) is 2. The predicted octanol–water partition coefficient (Wildman–Crippen LogP) is 2.38. The first-order chi connectivity index (χ1) is 14.3. The number of amides is 2. The van der Waals surface area contributed by atoms with E-state index in [1.165, 1.54) is 0 Å². The Kier molecular flexibility index (Phi) is 6.51. The lowest BCUT2D eigenvalue weighted by atomic mass is 10.1. The molecule has 0 bridgehead atoms. The molecule has 0 saturated heterocycles. The van der Waals surface area contributed by atoms with Gasteiger partial charge in [-0.1, -0.05) is 0 Å². The van der Waals surface area contributed by atoms with Gasteiger partial charge in [0.05, 0.1) is 36.0 Å². The Labute approximate surface area is 174 Å². The highest BCUT2D eigenvalue weighted by Gasteiger charge is 2.20. The molecule has 3 aromatic rings. The zero-order valence-corrected chi connectivity index (χ0v) is 17.9. The Morgan fingerprint density at radius 2 is 2.00 bits per heavy atom. The molecule has 3 rings (SSSR count). The lowest BCUT2D eigenvalue weighted by molar-refractivity contribution is -0.120. The predicted molar refractivity (Wildman–Crippen MR) is 112 cm³/mol. The van der Waals surface area contributed by atoms with Gasteiger partial charge in [-0.2, -0.15) is 5.10 Å². The molecule has 0 aliphatic rings. The maximum atomic E-state index is 12.9. The van der Waals surface area contributed by atoms with Gasteiger partial charge in [0.15, 0.2) is 5.65 Å². The number of fused-ring (bicyclic) bond motifs is 1. The molecule has 9 heteroatoms. The molecular weight excluding hydrogens is 386 g/mol. The first-order valence-electron chi connectivity index (χ1n) is 9.81. The van der Waals surface area contributed by atoms with E-state index in [4.69, 9.17) is 14.1 Å². The molecule has 0 fully saturated rings. The van der Waals surface area contributed by atoms with Gasteiger partial charge in [0.1, 0.15) is 11.5 Å². The van der Waals surface area contributed by atoms with Crippen LogP contribution in [0.5, 0.6) is 0 Å². The molecule has 0 aliphatic carbocycles. The Bertz CT molecular complexity index is 1070. The van der Waals surface area contributed by atoms with Gasteiger partial charge in [-0.15, -0.1) is 0 Å². The van der Waals surface area contributed by atoms with E-state index in [-0.39, 0.29) is 24.4 Å². The zero-order chi connectivity index (χ0) is 21.8. The van der Waals surface area contributed by atoms with Crippen LogP contribution in [0.15, 0.2) is 22.7 Å². The fourth-order valence-corrected chi connectivity index (χ4v) is 3.22.